The minimum Gasteiger partial charge on any atom is -0.243 e. The van der Waals surface area contributed by atoms with Crippen LogP contribution in [0.5, 0.6) is 0 Å². The lowest BCUT2D eigenvalue weighted by molar-refractivity contribution is -0.299. The van der Waals surface area contributed by atoms with Gasteiger partial charge in [0.1, 0.15) is 4.21 Å². The largest absolute Gasteiger partial charge is 0.425 e. The molecule has 0 aliphatic carbocycles. The quantitative estimate of drug-likeness (QED) is 0.636. The Kier molecular flexibility index (Phi) is 3.98. The molecule has 0 saturated heterocycles. The van der Waals surface area contributed by atoms with Crippen LogP contribution in [-0.2, 0) is 14.3 Å². The van der Waals surface area contributed by atoms with Crippen LogP contribution in [0.25, 0.3) is 0 Å². The van der Waals surface area contributed by atoms with Crippen molar-refractivity contribution >= 4 is 21.5 Å². The van der Waals surface area contributed by atoms with E-state index in [2.05, 4.69) is 4.18 Å². The van der Waals surface area contributed by atoms with Gasteiger partial charge in [-0.15, -0.1) is 11.3 Å². The Hall–Kier alpha value is -0.810. The van der Waals surface area contributed by atoms with E-state index in [0.717, 1.165) is 12.1 Å². The van der Waals surface area contributed by atoms with Crippen LogP contribution in [0.1, 0.15) is 0 Å². The van der Waals surface area contributed by atoms with E-state index in [-0.39, 0.29) is 0 Å². The second kappa shape index (κ2) is 4.70. The van der Waals surface area contributed by atoms with Gasteiger partial charge in [0.25, 0.3) is 6.10 Å². The molecule has 1 aromatic rings. The fourth-order valence-electron chi connectivity index (χ4n) is 0.875. The first-order chi connectivity index (χ1) is 7.94. The van der Waals surface area contributed by atoms with Gasteiger partial charge in [-0.3, -0.25) is 0 Å². The summed E-state index contributed by atoms with van der Waals surface area (Å²) >= 11 is 0.445. The van der Waals surface area contributed by atoms with Gasteiger partial charge in [-0.25, -0.2) is 4.18 Å². The fourth-order valence-corrected chi connectivity index (χ4v) is 2.89. The van der Waals surface area contributed by atoms with E-state index in [0.29, 0.717) is 11.3 Å². The molecule has 3 nitrogen and oxygen atoms in total. The minimum atomic E-state index is -5.87. The highest BCUT2D eigenvalue weighted by atomic mass is 32.3. The molecular formula is C7H4F6O3S2. The number of alkyl halides is 6. The molecule has 11 heteroatoms. The maximum Gasteiger partial charge on any atom is 0.425 e. The van der Waals surface area contributed by atoms with Crippen molar-refractivity contribution in [1.29, 1.82) is 0 Å². The van der Waals surface area contributed by atoms with E-state index in [1.807, 2.05) is 0 Å². The summed E-state index contributed by atoms with van der Waals surface area (Å²) in [5.41, 5.74) is 0. The van der Waals surface area contributed by atoms with Crippen LogP contribution in [0.3, 0.4) is 0 Å². The predicted molar refractivity (Wildman–Crippen MR) is 48.5 cm³/mol. The van der Waals surface area contributed by atoms with Crippen LogP contribution in [0.15, 0.2) is 21.7 Å². The van der Waals surface area contributed by atoms with Crippen molar-refractivity contribution in [3.8, 4) is 0 Å². The molecule has 0 bridgehead atoms. The summed E-state index contributed by atoms with van der Waals surface area (Å²) in [5.74, 6) is 0. The lowest BCUT2D eigenvalue weighted by atomic mass is 10.3. The van der Waals surface area contributed by atoms with Crippen LogP contribution < -0.4 is 0 Å². The molecule has 0 N–H and O–H groups in total. The Morgan fingerprint density at radius 1 is 1.11 bits per heavy atom. The van der Waals surface area contributed by atoms with Crippen molar-refractivity contribution in [2.75, 3.05) is 0 Å². The van der Waals surface area contributed by atoms with Crippen molar-refractivity contribution in [3.05, 3.63) is 17.5 Å². The first-order valence-electron chi connectivity index (χ1n) is 4.05. The van der Waals surface area contributed by atoms with Crippen molar-refractivity contribution in [2.45, 2.75) is 22.7 Å². The summed E-state index contributed by atoms with van der Waals surface area (Å²) in [6.07, 6.45) is -16.1. The van der Waals surface area contributed by atoms with E-state index < -0.39 is 32.8 Å². The number of hydrogen-bond acceptors (Lipinski definition) is 4. The van der Waals surface area contributed by atoms with Gasteiger partial charge >= 0.3 is 22.5 Å². The van der Waals surface area contributed by atoms with Gasteiger partial charge < -0.3 is 0 Å². The maximum atomic E-state index is 12.1. The zero-order valence-electron chi connectivity index (χ0n) is 8.12. The van der Waals surface area contributed by atoms with Crippen molar-refractivity contribution in [1.82, 2.24) is 0 Å². The average molecular weight is 314 g/mol. The topological polar surface area (TPSA) is 43.4 Å². The number of rotatable bonds is 3. The normalized spacial score (nSPS) is 14.2. The van der Waals surface area contributed by atoms with Crippen molar-refractivity contribution < 1.29 is 38.9 Å². The molecule has 0 aromatic carbocycles. The summed E-state index contributed by atoms with van der Waals surface area (Å²) in [5, 5.41) is 1.17. The van der Waals surface area contributed by atoms with Gasteiger partial charge in [0.2, 0.25) is 0 Å². The van der Waals surface area contributed by atoms with Gasteiger partial charge in [0.05, 0.1) is 0 Å². The zero-order valence-corrected chi connectivity index (χ0v) is 9.75. The average Bonchev–Trinajstić information content (AvgIpc) is 2.63. The lowest BCUT2D eigenvalue weighted by Gasteiger charge is -2.22. The second-order valence-corrected chi connectivity index (χ2v) is 5.69. The van der Waals surface area contributed by atoms with E-state index >= 15 is 0 Å². The highest BCUT2D eigenvalue weighted by Crippen LogP contribution is 2.38. The Balaban J connectivity index is 3.07. The molecule has 1 heterocycles. The summed E-state index contributed by atoms with van der Waals surface area (Å²) in [4.78, 5) is 0. The zero-order chi connectivity index (χ0) is 14.2. The Morgan fingerprint density at radius 2 is 1.61 bits per heavy atom. The molecule has 0 unspecified atom stereocenters. The minimum absolute atomic E-state index is 0.445. The summed E-state index contributed by atoms with van der Waals surface area (Å²) in [6.45, 7) is 0. The van der Waals surface area contributed by atoms with Gasteiger partial charge in [-0.05, 0) is 11.4 Å². The molecule has 0 radical (unpaired) electrons. The van der Waals surface area contributed by atoms with Crippen LogP contribution >= 0.6 is 11.3 Å². The molecular weight excluding hydrogens is 310 g/mol. The SMILES string of the molecule is O=S(=O)(OC(C(F)(F)F)C(F)(F)F)c1cccs1. The molecule has 0 saturated carbocycles. The summed E-state index contributed by atoms with van der Waals surface area (Å²) in [7, 11) is -5.10. The van der Waals surface area contributed by atoms with Crippen molar-refractivity contribution in [3.63, 3.8) is 0 Å². The highest BCUT2D eigenvalue weighted by Gasteiger charge is 2.60. The maximum absolute atomic E-state index is 12.1. The van der Waals surface area contributed by atoms with Gasteiger partial charge in [-0.1, -0.05) is 6.07 Å². The smallest absolute Gasteiger partial charge is 0.243 e. The van der Waals surface area contributed by atoms with Crippen LogP contribution in [-0.4, -0.2) is 26.9 Å². The molecule has 0 aliphatic heterocycles. The first kappa shape index (κ1) is 15.2. The Bertz CT molecular complexity index is 472. The molecule has 0 aliphatic rings. The third-order valence-electron chi connectivity index (χ3n) is 1.56. The van der Waals surface area contributed by atoms with Crippen molar-refractivity contribution in [2.24, 2.45) is 0 Å². The van der Waals surface area contributed by atoms with E-state index in [4.69, 9.17) is 0 Å². The monoisotopic (exact) mass is 314 g/mol. The molecule has 0 fully saturated rings. The van der Waals surface area contributed by atoms with Gasteiger partial charge in [-0.2, -0.15) is 34.8 Å². The third kappa shape index (κ3) is 3.59. The van der Waals surface area contributed by atoms with Crippen LogP contribution in [0.2, 0.25) is 0 Å². The molecule has 0 spiro atoms. The molecule has 18 heavy (non-hydrogen) atoms. The third-order valence-corrected chi connectivity index (χ3v) is 4.20. The first-order valence-corrected chi connectivity index (χ1v) is 6.33. The fraction of sp³-hybridized carbons (Fsp3) is 0.429. The highest BCUT2D eigenvalue weighted by molar-refractivity contribution is 7.89. The molecule has 0 atom stereocenters. The summed E-state index contributed by atoms with van der Waals surface area (Å²) in [6, 6.07) is 1.99. The van der Waals surface area contributed by atoms with Gasteiger partial charge in [0, 0.05) is 0 Å². The molecule has 1 aromatic heterocycles. The lowest BCUT2D eigenvalue weighted by Crippen LogP contribution is -2.45. The number of thiophene rings is 1. The Morgan fingerprint density at radius 3 is 1.94 bits per heavy atom. The van der Waals surface area contributed by atoms with Crippen LogP contribution in [0.4, 0.5) is 26.3 Å². The molecule has 104 valence electrons. The number of halogens is 6. The molecule has 0 amide bonds. The second-order valence-electron chi connectivity index (χ2n) is 2.95. The Labute approximate surface area is 101 Å². The number of hydrogen-bond donors (Lipinski definition) is 0. The van der Waals surface area contributed by atoms with Crippen LogP contribution in [0, 0.1) is 0 Å². The van der Waals surface area contributed by atoms with E-state index in [1.54, 1.807) is 0 Å². The predicted octanol–water partition coefficient (Wildman–Crippen LogP) is 2.95. The van der Waals surface area contributed by atoms with Gasteiger partial charge in [0.15, 0.2) is 0 Å². The summed E-state index contributed by atoms with van der Waals surface area (Å²) < 4.78 is 97.4. The van der Waals surface area contributed by atoms with E-state index in [1.165, 1.54) is 5.38 Å². The van der Waals surface area contributed by atoms with E-state index in [9.17, 15) is 34.8 Å². The standard InChI is InChI=1S/C7H4F6O3S2/c8-6(9,10)5(7(11,12)13)16-18(14,15)4-2-1-3-17-4/h1-3,5H. The molecule has 1 rings (SSSR count).